The summed E-state index contributed by atoms with van der Waals surface area (Å²) in [6.07, 6.45) is 0. The molecule has 0 amide bonds. The smallest absolute Gasteiger partial charge is 0.162 e. The van der Waals surface area contributed by atoms with Crippen LogP contribution in [-0.2, 0) is 0 Å². The van der Waals surface area contributed by atoms with Crippen molar-refractivity contribution in [2.24, 2.45) is 15.7 Å². The average Bonchev–Trinajstić information content (AvgIpc) is 3.11. The second-order valence-electron chi connectivity index (χ2n) is 10.9. The van der Waals surface area contributed by atoms with Gasteiger partial charge in [-0.1, -0.05) is 164 Å². The van der Waals surface area contributed by atoms with E-state index in [1.165, 1.54) is 27.5 Å². The van der Waals surface area contributed by atoms with Crippen LogP contribution in [0.3, 0.4) is 0 Å². The van der Waals surface area contributed by atoms with E-state index in [9.17, 15) is 0 Å². The first-order chi connectivity index (χ1) is 22.2. The Labute approximate surface area is 263 Å². The van der Waals surface area contributed by atoms with Gasteiger partial charge in [0.2, 0.25) is 0 Å². The Morgan fingerprint density at radius 3 is 1.42 bits per heavy atom. The molecule has 3 nitrogen and oxygen atoms in total. The first-order valence-corrected chi connectivity index (χ1v) is 15.0. The maximum absolute atomic E-state index is 6.60. The minimum absolute atomic E-state index is 0.391. The van der Waals surface area contributed by atoms with Crippen molar-refractivity contribution >= 4 is 38.9 Å². The summed E-state index contributed by atoms with van der Waals surface area (Å²) in [5, 5.41) is 4.67. The van der Waals surface area contributed by atoms with Crippen LogP contribution >= 0.6 is 0 Å². The highest BCUT2D eigenvalue weighted by molar-refractivity contribution is 6.23. The summed E-state index contributed by atoms with van der Waals surface area (Å²) < 4.78 is 0. The van der Waals surface area contributed by atoms with Gasteiger partial charge in [0.25, 0.3) is 0 Å². The number of fused-ring (bicyclic) bond motifs is 2. The third-order valence-corrected chi connectivity index (χ3v) is 8.05. The van der Waals surface area contributed by atoms with Crippen LogP contribution in [0.1, 0.15) is 16.7 Å². The molecule has 7 rings (SSSR count). The second-order valence-corrected chi connectivity index (χ2v) is 10.9. The average molecular weight is 578 g/mol. The van der Waals surface area contributed by atoms with Crippen LogP contribution in [-0.4, -0.2) is 11.7 Å². The number of benzene rings is 7. The van der Waals surface area contributed by atoms with Crippen LogP contribution in [0.2, 0.25) is 0 Å². The number of rotatable bonds is 6. The molecule has 0 heterocycles. The van der Waals surface area contributed by atoms with E-state index in [4.69, 9.17) is 15.7 Å². The molecule has 0 atom stereocenters. The number of nitrogens with two attached hydrogens (primary N) is 1. The fourth-order valence-corrected chi connectivity index (χ4v) is 5.91. The van der Waals surface area contributed by atoms with Crippen molar-refractivity contribution in [1.82, 2.24) is 0 Å². The molecule has 3 heteroatoms. The lowest BCUT2D eigenvalue weighted by atomic mass is 9.85. The van der Waals surface area contributed by atoms with Crippen LogP contribution in [0.5, 0.6) is 0 Å². The Morgan fingerprint density at radius 2 is 0.867 bits per heavy atom. The first-order valence-electron chi connectivity index (χ1n) is 15.0. The molecule has 0 fully saturated rings. The predicted octanol–water partition coefficient (Wildman–Crippen LogP) is 10.1. The van der Waals surface area contributed by atoms with Crippen molar-refractivity contribution in [2.45, 2.75) is 0 Å². The molecule has 0 unspecified atom stereocenters. The highest BCUT2D eigenvalue weighted by atomic mass is 15.0. The molecule has 45 heavy (non-hydrogen) atoms. The Bertz CT molecular complexity index is 2200. The van der Waals surface area contributed by atoms with Crippen LogP contribution in [0.25, 0.3) is 49.5 Å². The molecular formula is C42H31N3. The zero-order valence-electron chi connectivity index (χ0n) is 24.8. The van der Waals surface area contributed by atoms with Gasteiger partial charge in [0, 0.05) is 11.1 Å². The molecule has 214 valence electrons. The molecular weight excluding hydrogens is 546 g/mol. The Hall–Kier alpha value is -6.06. The number of amidine groups is 2. The number of aliphatic imine (C=N–C) groups is 2. The minimum atomic E-state index is 0.391. The zero-order valence-corrected chi connectivity index (χ0v) is 24.8. The summed E-state index contributed by atoms with van der Waals surface area (Å²) >= 11 is 0. The third kappa shape index (κ3) is 5.55. The van der Waals surface area contributed by atoms with Gasteiger partial charge in [-0.15, -0.1) is 0 Å². The SMILES string of the molecule is C=C(/N=C(\N=C(/N)c1ccccc1)c1ccc2c(-c3ccccc3)c3ccccc3c(-c3ccccc3)c2c1)c1ccccc1. The summed E-state index contributed by atoms with van der Waals surface area (Å²) in [6, 6.07) is 56.1. The highest BCUT2D eigenvalue weighted by Gasteiger charge is 2.18. The Kier molecular flexibility index (Phi) is 7.57. The van der Waals surface area contributed by atoms with E-state index in [1.54, 1.807) is 0 Å². The summed E-state index contributed by atoms with van der Waals surface area (Å²) in [5.41, 5.74) is 14.5. The van der Waals surface area contributed by atoms with E-state index in [1.807, 2.05) is 60.7 Å². The number of hydrogen-bond donors (Lipinski definition) is 1. The standard InChI is InChI=1S/C42H31N3/c1-29(30-16-6-2-7-17-30)44-42(45-41(43)33-22-12-5-13-23-33)34-26-27-37-38(28-34)40(32-20-10-4-11-21-32)36-25-15-14-24-35(36)39(37)31-18-8-3-9-19-31/h2-28H,1H2,(H2,43,44,45). The van der Waals surface area contributed by atoms with E-state index in [0.29, 0.717) is 17.4 Å². The molecule has 0 aliphatic heterocycles. The van der Waals surface area contributed by atoms with E-state index >= 15 is 0 Å². The van der Waals surface area contributed by atoms with Crippen molar-refractivity contribution < 1.29 is 0 Å². The molecule has 2 N–H and O–H groups in total. The Balaban J connectivity index is 1.53. The molecule has 0 saturated heterocycles. The van der Waals surface area contributed by atoms with E-state index < -0.39 is 0 Å². The number of hydrogen-bond acceptors (Lipinski definition) is 1. The van der Waals surface area contributed by atoms with Crippen molar-refractivity contribution in [3.8, 4) is 22.3 Å². The molecule has 0 aromatic heterocycles. The lowest BCUT2D eigenvalue weighted by Crippen LogP contribution is -2.16. The van der Waals surface area contributed by atoms with Gasteiger partial charge < -0.3 is 5.73 Å². The topological polar surface area (TPSA) is 50.7 Å². The molecule has 0 aliphatic rings. The summed E-state index contributed by atoms with van der Waals surface area (Å²) in [4.78, 5) is 9.91. The monoisotopic (exact) mass is 577 g/mol. The van der Waals surface area contributed by atoms with Crippen molar-refractivity contribution in [3.63, 3.8) is 0 Å². The van der Waals surface area contributed by atoms with Crippen molar-refractivity contribution in [1.29, 1.82) is 0 Å². The summed E-state index contributed by atoms with van der Waals surface area (Å²) in [6.45, 7) is 4.29. The van der Waals surface area contributed by atoms with E-state index in [0.717, 1.165) is 33.0 Å². The van der Waals surface area contributed by atoms with Crippen LogP contribution in [0, 0.1) is 0 Å². The second kappa shape index (κ2) is 12.3. The quantitative estimate of drug-likeness (QED) is 0.119. The van der Waals surface area contributed by atoms with Gasteiger partial charge in [-0.25, -0.2) is 9.98 Å². The molecule has 7 aromatic rings. The maximum atomic E-state index is 6.60. The fourth-order valence-electron chi connectivity index (χ4n) is 5.91. The van der Waals surface area contributed by atoms with Gasteiger partial charge in [-0.3, -0.25) is 0 Å². The summed E-state index contributed by atoms with van der Waals surface area (Å²) in [7, 11) is 0. The van der Waals surface area contributed by atoms with Gasteiger partial charge in [0.05, 0.1) is 5.70 Å². The first kappa shape index (κ1) is 27.8. The minimum Gasteiger partial charge on any atom is -0.383 e. The van der Waals surface area contributed by atoms with Crippen LogP contribution in [0.4, 0.5) is 0 Å². The van der Waals surface area contributed by atoms with Gasteiger partial charge in [-0.2, -0.15) is 0 Å². The molecule has 7 aromatic carbocycles. The van der Waals surface area contributed by atoms with Gasteiger partial charge in [-0.05, 0) is 55.4 Å². The molecule has 0 saturated carbocycles. The van der Waals surface area contributed by atoms with E-state index in [-0.39, 0.29) is 0 Å². The van der Waals surface area contributed by atoms with Crippen molar-refractivity contribution in [2.75, 3.05) is 0 Å². The largest absolute Gasteiger partial charge is 0.383 e. The fraction of sp³-hybridized carbons (Fsp3) is 0. The Morgan fingerprint density at radius 1 is 0.422 bits per heavy atom. The van der Waals surface area contributed by atoms with E-state index in [2.05, 4.69) is 110 Å². The lowest BCUT2D eigenvalue weighted by molar-refractivity contribution is 1.43. The van der Waals surface area contributed by atoms with Gasteiger partial charge in [0.15, 0.2) is 5.84 Å². The molecule has 0 aliphatic carbocycles. The summed E-state index contributed by atoms with van der Waals surface area (Å²) in [5.74, 6) is 0.891. The predicted molar refractivity (Wildman–Crippen MR) is 192 cm³/mol. The number of nitrogens with zero attached hydrogens (tertiary/aromatic N) is 2. The molecule has 0 spiro atoms. The van der Waals surface area contributed by atoms with Gasteiger partial charge in [0.1, 0.15) is 5.84 Å². The molecule has 0 bridgehead atoms. The van der Waals surface area contributed by atoms with Crippen LogP contribution < -0.4 is 5.73 Å². The van der Waals surface area contributed by atoms with Crippen molar-refractivity contribution in [3.05, 3.63) is 187 Å². The van der Waals surface area contributed by atoms with Crippen LogP contribution in [0.15, 0.2) is 180 Å². The third-order valence-electron chi connectivity index (χ3n) is 8.05. The zero-order chi connectivity index (χ0) is 30.6. The maximum Gasteiger partial charge on any atom is 0.162 e. The highest BCUT2D eigenvalue weighted by Crippen LogP contribution is 2.44. The lowest BCUT2D eigenvalue weighted by Gasteiger charge is -2.18. The molecule has 0 radical (unpaired) electrons. The normalized spacial score (nSPS) is 12.0. The van der Waals surface area contributed by atoms with Gasteiger partial charge >= 0.3 is 0 Å².